The SMILES string of the molecule is Cc1nc(N)sc1SC(C(=O)O)c1ccccc1. The third-order valence-electron chi connectivity index (χ3n) is 2.32. The number of aryl methyl sites for hydroxylation is 1. The molecule has 2 rings (SSSR count). The van der Waals surface area contributed by atoms with Crippen LogP contribution in [0.25, 0.3) is 0 Å². The molecule has 0 aliphatic heterocycles. The number of carboxylic acid groups (broad SMARTS) is 1. The number of rotatable bonds is 4. The molecule has 0 aliphatic rings. The van der Waals surface area contributed by atoms with E-state index < -0.39 is 11.2 Å². The fourth-order valence-electron chi connectivity index (χ4n) is 1.51. The third kappa shape index (κ3) is 2.83. The molecule has 1 aromatic heterocycles. The first kappa shape index (κ1) is 12.9. The van der Waals surface area contributed by atoms with Crippen molar-refractivity contribution in [2.45, 2.75) is 16.4 Å². The highest BCUT2D eigenvalue weighted by Crippen LogP contribution is 2.40. The van der Waals surface area contributed by atoms with Crippen LogP contribution < -0.4 is 5.73 Å². The van der Waals surface area contributed by atoms with Crippen molar-refractivity contribution >= 4 is 34.2 Å². The maximum Gasteiger partial charge on any atom is 0.321 e. The van der Waals surface area contributed by atoms with E-state index in [1.807, 2.05) is 37.3 Å². The Morgan fingerprint density at radius 3 is 2.61 bits per heavy atom. The van der Waals surface area contributed by atoms with Gasteiger partial charge in [0, 0.05) is 0 Å². The Morgan fingerprint density at radius 2 is 2.11 bits per heavy atom. The van der Waals surface area contributed by atoms with Crippen molar-refractivity contribution in [3.63, 3.8) is 0 Å². The van der Waals surface area contributed by atoms with Gasteiger partial charge in [0.05, 0.1) is 9.90 Å². The molecule has 0 saturated carbocycles. The molecule has 0 fully saturated rings. The fourth-order valence-corrected chi connectivity index (χ4v) is 3.64. The third-order valence-corrected chi connectivity index (χ3v) is 4.86. The van der Waals surface area contributed by atoms with E-state index in [-0.39, 0.29) is 0 Å². The first-order valence-corrected chi connectivity index (χ1v) is 6.95. The molecular weight excluding hydrogens is 268 g/mol. The smallest absolute Gasteiger partial charge is 0.321 e. The van der Waals surface area contributed by atoms with E-state index >= 15 is 0 Å². The molecule has 0 bridgehead atoms. The molecule has 1 aromatic carbocycles. The summed E-state index contributed by atoms with van der Waals surface area (Å²) in [6.45, 7) is 1.83. The molecule has 2 aromatic rings. The number of hydrogen-bond donors (Lipinski definition) is 2. The van der Waals surface area contributed by atoms with Crippen molar-refractivity contribution in [2.75, 3.05) is 5.73 Å². The second kappa shape index (κ2) is 5.41. The van der Waals surface area contributed by atoms with Crippen molar-refractivity contribution in [1.82, 2.24) is 4.98 Å². The van der Waals surface area contributed by atoms with E-state index in [9.17, 15) is 9.90 Å². The number of aromatic nitrogens is 1. The zero-order chi connectivity index (χ0) is 13.1. The van der Waals surface area contributed by atoms with Crippen LogP contribution in [-0.4, -0.2) is 16.1 Å². The number of hydrogen-bond acceptors (Lipinski definition) is 5. The highest BCUT2D eigenvalue weighted by Gasteiger charge is 2.23. The average molecular weight is 280 g/mol. The van der Waals surface area contributed by atoms with E-state index in [1.54, 1.807) is 0 Å². The van der Waals surface area contributed by atoms with Gasteiger partial charge in [-0.2, -0.15) is 0 Å². The van der Waals surface area contributed by atoms with Gasteiger partial charge in [-0.05, 0) is 12.5 Å². The zero-order valence-corrected chi connectivity index (χ0v) is 11.3. The highest BCUT2D eigenvalue weighted by atomic mass is 32.2. The Kier molecular flexibility index (Phi) is 3.88. The van der Waals surface area contributed by atoms with E-state index in [1.165, 1.54) is 23.1 Å². The molecule has 6 heteroatoms. The monoisotopic (exact) mass is 280 g/mol. The number of nitrogens with two attached hydrogens (primary N) is 1. The summed E-state index contributed by atoms with van der Waals surface area (Å²) in [7, 11) is 0. The Labute approximate surface area is 113 Å². The van der Waals surface area contributed by atoms with E-state index in [0.717, 1.165) is 15.5 Å². The zero-order valence-electron chi connectivity index (χ0n) is 9.66. The predicted octanol–water partition coefficient (Wildman–Crippen LogP) is 2.95. The molecule has 0 spiro atoms. The molecule has 3 N–H and O–H groups in total. The molecule has 1 unspecified atom stereocenters. The largest absolute Gasteiger partial charge is 0.480 e. The summed E-state index contributed by atoms with van der Waals surface area (Å²) in [5.74, 6) is -0.863. The molecule has 0 saturated heterocycles. The van der Waals surface area contributed by atoms with E-state index in [2.05, 4.69) is 4.98 Å². The number of nitrogen functional groups attached to an aromatic ring is 1. The number of carbonyl (C=O) groups is 1. The van der Waals surface area contributed by atoms with E-state index in [0.29, 0.717) is 5.13 Å². The molecule has 1 heterocycles. The lowest BCUT2D eigenvalue weighted by atomic mass is 10.1. The number of carboxylic acids is 1. The van der Waals surface area contributed by atoms with Crippen LogP contribution in [0.3, 0.4) is 0 Å². The van der Waals surface area contributed by atoms with Crippen LogP contribution >= 0.6 is 23.1 Å². The fraction of sp³-hybridized carbons (Fsp3) is 0.167. The Bertz CT molecular complexity index is 554. The van der Waals surface area contributed by atoms with Crippen molar-refractivity contribution < 1.29 is 9.90 Å². The number of thiazole rings is 1. The topological polar surface area (TPSA) is 76.2 Å². The molecule has 0 radical (unpaired) electrons. The van der Waals surface area contributed by atoms with Crippen molar-refractivity contribution in [3.05, 3.63) is 41.6 Å². The lowest BCUT2D eigenvalue weighted by molar-refractivity contribution is -0.136. The van der Waals surface area contributed by atoms with Crippen LogP contribution in [0.1, 0.15) is 16.5 Å². The van der Waals surface area contributed by atoms with E-state index in [4.69, 9.17) is 5.73 Å². The summed E-state index contributed by atoms with van der Waals surface area (Å²) in [5.41, 5.74) is 7.16. The maximum absolute atomic E-state index is 11.4. The average Bonchev–Trinajstić information content (AvgIpc) is 2.65. The van der Waals surface area contributed by atoms with Gasteiger partial charge in [0.1, 0.15) is 5.25 Å². The summed E-state index contributed by atoms with van der Waals surface area (Å²) < 4.78 is 0.851. The summed E-state index contributed by atoms with van der Waals surface area (Å²) in [5, 5.41) is 9.15. The van der Waals surface area contributed by atoms with Gasteiger partial charge in [0.25, 0.3) is 0 Å². The van der Waals surface area contributed by atoms with Gasteiger partial charge < -0.3 is 10.8 Å². The minimum Gasteiger partial charge on any atom is -0.480 e. The summed E-state index contributed by atoms with van der Waals surface area (Å²) in [4.78, 5) is 15.5. The lowest BCUT2D eigenvalue weighted by Crippen LogP contribution is -2.07. The van der Waals surface area contributed by atoms with Crippen LogP contribution in [0.5, 0.6) is 0 Å². The number of aliphatic carboxylic acids is 1. The Morgan fingerprint density at radius 1 is 1.44 bits per heavy atom. The minimum atomic E-state index is -0.863. The minimum absolute atomic E-state index is 0.465. The lowest BCUT2D eigenvalue weighted by Gasteiger charge is -2.11. The van der Waals surface area contributed by atoms with Gasteiger partial charge in [0.15, 0.2) is 5.13 Å². The number of nitrogens with zero attached hydrogens (tertiary/aromatic N) is 1. The molecule has 18 heavy (non-hydrogen) atoms. The van der Waals surface area contributed by atoms with Gasteiger partial charge in [-0.25, -0.2) is 4.98 Å². The van der Waals surface area contributed by atoms with Gasteiger partial charge in [-0.15, -0.1) is 0 Å². The van der Waals surface area contributed by atoms with Crippen LogP contribution in [0.4, 0.5) is 5.13 Å². The van der Waals surface area contributed by atoms with Crippen molar-refractivity contribution in [3.8, 4) is 0 Å². The second-order valence-electron chi connectivity index (χ2n) is 3.67. The highest BCUT2D eigenvalue weighted by molar-refractivity contribution is 8.02. The Balaban J connectivity index is 2.28. The van der Waals surface area contributed by atoms with Crippen LogP contribution in [-0.2, 0) is 4.79 Å². The summed E-state index contributed by atoms with van der Waals surface area (Å²) in [6, 6.07) is 9.15. The summed E-state index contributed by atoms with van der Waals surface area (Å²) in [6.07, 6.45) is 0. The van der Waals surface area contributed by atoms with Gasteiger partial charge in [0.2, 0.25) is 0 Å². The Hall–Kier alpha value is -1.53. The number of benzene rings is 1. The normalized spacial score (nSPS) is 12.3. The molecule has 0 aliphatic carbocycles. The predicted molar refractivity (Wildman–Crippen MR) is 73.9 cm³/mol. The van der Waals surface area contributed by atoms with Gasteiger partial charge >= 0.3 is 5.97 Å². The van der Waals surface area contributed by atoms with Gasteiger partial charge in [-0.1, -0.05) is 53.4 Å². The number of anilines is 1. The maximum atomic E-state index is 11.4. The molecule has 4 nitrogen and oxygen atoms in total. The second-order valence-corrected chi connectivity index (χ2v) is 6.08. The van der Waals surface area contributed by atoms with Crippen LogP contribution in [0.15, 0.2) is 34.5 Å². The summed E-state index contributed by atoms with van der Waals surface area (Å²) >= 11 is 2.59. The molecule has 94 valence electrons. The van der Waals surface area contributed by atoms with Gasteiger partial charge in [-0.3, -0.25) is 4.79 Å². The molecule has 1 atom stereocenters. The van der Waals surface area contributed by atoms with Crippen molar-refractivity contribution in [1.29, 1.82) is 0 Å². The quantitative estimate of drug-likeness (QED) is 0.842. The van der Waals surface area contributed by atoms with Crippen LogP contribution in [0.2, 0.25) is 0 Å². The molecular formula is C12H12N2O2S2. The van der Waals surface area contributed by atoms with Crippen LogP contribution in [0, 0.1) is 6.92 Å². The molecule has 0 amide bonds. The first-order valence-electron chi connectivity index (χ1n) is 5.25. The standard InChI is InChI=1S/C12H12N2O2S2/c1-7-11(18-12(13)14-7)17-9(10(15)16)8-5-3-2-4-6-8/h2-6,9H,1H3,(H2,13,14)(H,15,16). The number of thioether (sulfide) groups is 1. The van der Waals surface area contributed by atoms with Crippen molar-refractivity contribution in [2.24, 2.45) is 0 Å². The first-order chi connectivity index (χ1) is 8.58.